The minimum atomic E-state index is -0.295. The molecule has 1 atom stereocenters. The normalized spacial score (nSPS) is 19.1. The minimum Gasteiger partial charge on any atom is -0.376 e. The van der Waals surface area contributed by atoms with Gasteiger partial charge in [-0.2, -0.15) is 10.2 Å². The van der Waals surface area contributed by atoms with E-state index in [9.17, 15) is 10.1 Å². The smallest absolute Gasteiger partial charge is 0.277 e. The minimum absolute atomic E-state index is 0.107. The zero-order valence-electron chi connectivity index (χ0n) is 17.8. The SMILES string of the molecule is N#Cc1c(Cl)ccc2c1n(CC1CCCO1)c(=O)c1c(-c3noc(C4CCCC4)n3)ncn12. The van der Waals surface area contributed by atoms with Crippen molar-refractivity contribution in [2.45, 2.75) is 57.1 Å². The highest BCUT2D eigenvalue weighted by atomic mass is 35.5. The van der Waals surface area contributed by atoms with Gasteiger partial charge >= 0.3 is 0 Å². The first kappa shape index (κ1) is 20.4. The first-order valence-corrected chi connectivity index (χ1v) is 11.6. The molecule has 0 N–H and O–H groups in total. The summed E-state index contributed by atoms with van der Waals surface area (Å²) < 4.78 is 14.6. The fraction of sp³-hybridized carbons (Fsp3) is 0.435. The summed E-state index contributed by atoms with van der Waals surface area (Å²) in [4.78, 5) is 22.9. The summed E-state index contributed by atoms with van der Waals surface area (Å²) in [7, 11) is 0. The Balaban J connectivity index is 1.59. The number of imidazole rings is 1. The van der Waals surface area contributed by atoms with Gasteiger partial charge in [-0.1, -0.05) is 29.6 Å². The number of nitriles is 1. The van der Waals surface area contributed by atoms with Crippen LogP contribution >= 0.6 is 11.6 Å². The van der Waals surface area contributed by atoms with Gasteiger partial charge in [0.1, 0.15) is 23.6 Å². The van der Waals surface area contributed by atoms with Crippen molar-refractivity contribution in [3.05, 3.63) is 45.3 Å². The third-order valence-electron chi connectivity index (χ3n) is 6.73. The lowest BCUT2D eigenvalue weighted by Gasteiger charge is -2.17. The van der Waals surface area contributed by atoms with Crippen molar-refractivity contribution < 1.29 is 9.26 Å². The molecule has 1 aliphatic carbocycles. The molecule has 6 rings (SSSR count). The Bertz CT molecular complexity index is 1470. The van der Waals surface area contributed by atoms with Crippen molar-refractivity contribution in [1.29, 1.82) is 5.26 Å². The molecule has 1 saturated carbocycles. The Morgan fingerprint density at radius 3 is 2.79 bits per heavy atom. The second kappa shape index (κ2) is 7.97. The third-order valence-corrected chi connectivity index (χ3v) is 7.05. The molecule has 2 fully saturated rings. The van der Waals surface area contributed by atoms with Crippen LogP contribution in [0.3, 0.4) is 0 Å². The summed E-state index contributed by atoms with van der Waals surface area (Å²) in [5, 5.41) is 14.3. The lowest BCUT2D eigenvalue weighted by Crippen LogP contribution is -2.29. The lowest BCUT2D eigenvalue weighted by atomic mass is 10.1. The van der Waals surface area contributed by atoms with E-state index in [1.54, 1.807) is 27.4 Å². The molecule has 4 aromatic rings. The highest BCUT2D eigenvalue weighted by Crippen LogP contribution is 2.34. The standard InChI is InChI=1S/C23H21ClN6O3/c24-16-7-8-17-19(15(16)10-25)29(11-14-6-3-9-32-14)23(31)20-18(26-12-30(17)20)21-27-22(33-28-21)13-4-1-2-5-13/h7-8,12-14H,1-6,9,11H2. The molecule has 0 spiro atoms. The summed E-state index contributed by atoms with van der Waals surface area (Å²) in [5.41, 5.74) is 1.79. The van der Waals surface area contributed by atoms with Gasteiger partial charge in [0.2, 0.25) is 11.7 Å². The van der Waals surface area contributed by atoms with Crippen molar-refractivity contribution >= 4 is 28.2 Å². The maximum atomic E-state index is 13.8. The summed E-state index contributed by atoms with van der Waals surface area (Å²) in [5.74, 6) is 1.16. The number of aromatic nitrogens is 5. The van der Waals surface area contributed by atoms with Crippen molar-refractivity contribution in [3.63, 3.8) is 0 Å². The van der Waals surface area contributed by atoms with Crippen LogP contribution in [0.15, 0.2) is 27.8 Å². The Morgan fingerprint density at radius 2 is 2.03 bits per heavy atom. The van der Waals surface area contributed by atoms with Gasteiger partial charge in [-0.3, -0.25) is 9.20 Å². The van der Waals surface area contributed by atoms with Crippen molar-refractivity contribution in [1.82, 2.24) is 24.1 Å². The molecule has 9 nitrogen and oxygen atoms in total. The first-order chi connectivity index (χ1) is 16.2. The average molecular weight is 465 g/mol. The monoisotopic (exact) mass is 464 g/mol. The maximum absolute atomic E-state index is 13.8. The van der Waals surface area contributed by atoms with Crippen LogP contribution in [0.5, 0.6) is 0 Å². The van der Waals surface area contributed by atoms with Crippen LogP contribution in [0.2, 0.25) is 5.02 Å². The molecule has 10 heteroatoms. The molecule has 1 unspecified atom stereocenters. The van der Waals surface area contributed by atoms with E-state index in [4.69, 9.17) is 20.9 Å². The van der Waals surface area contributed by atoms with E-state index in [1.165, 1.54) is 0 Å². The summed E-state index contributed by atoms with van der Waals surface area (Å²) >= 11 is 6.34. The van der Waals surface area contributed by atoms with Crippen LogP contribution in [-0.4, -0.2) is 36.8 Å². The number of benzene rings is 1. The van der Waals surface area contributed by atoms with Gasteiger partial charge in [0, 0.05) is 12.5 Å². The van der Waals surface area contributed by atoms with E-state index in [0.29, 0.717) is 52.1 Å². The number of hydrogen-bond donors (Lipinski definition) is 0. The van der Waals surface area contributed by atoms with E-state index in [-0.39, 0.29) is 23.1 Å². The summed E-state index contributed by atoms with van der Waals surface area (Å²) in [6.45, 7) is 0.987. The van der Waals surface area contributed by atoms with Crippen molar-refractivity contribution in [2.24, 2.45) is 0 Å². The van der Waals surface area contributed by atoms with Gasteiger partial charge in [-0.15, -0.1) is 0 Å². The van der Waals surface area contributed by atoms with Crippen LogP contribution in [0.4, 0.5) is 0 Å². The van der Waals surface area contributed by atoms with E-state index < -0.39 is 0 Å². The number of nitrogens with zero attached hydrogens (tertiary/aromatic N) is 6. The van der Waals surface area contributed by atoms with E-state index in [0.717, 1.165) is 38.5 Å². The predicted octanol–water partition coefficient (Wildman–Crippen LogP) is 4.06. The van der Waals surface area contributed by atoms with Gasteiger partial charge in [0.15, 0.2) is 0 Å². The number of hydrogen-bond acceptors (Lipinski definition) is 7. The number of fused-ring (bicyclic) bond motifs is 3. The van der Waals surface area contributed by atoms with Gasteiger partial charge < -0.3 is 13.8 Å². The van der Waals surface area contributed by atoms with E-state index in [1.807, 2.05) is 0 Å². The zero-order valence-corrected chi connectivity index (χ0v) is 18.6. The van der Waals surface area contributed by atoms with Crippen molar-refractivity contribution in [2.75, 3.05) is 6.61 Å². The average Bonchev–Trinajstić information content (AvgIpc) is 3.62. The maximum Gasteiger partial charge on any atom is 0.277 e. The molecule has 33 heavy (non-hydrogen) atoms. The van der Waals surface area contributed by atoms with E-state index in [2.05, 4.69) is 21.2 Å². The first-order valence-electron chi connectivity index (χ1n) is 11.2. The number of ether oxygens (including phenoxy) is 1. The molecule has 3 aromatic heterocycles. The van der Waals surface area contributed by atoms with Crippen LogP contribution in [-0.2, 0) is 11.3 Å². The van der Waals surface area contributed by atoms with Crippen LogP contribution in [0, 0.1) is 11.3 Å². The van der Waals surface area contributed by atoms with Gasteiger partial charge in [0.25, 0.3) is 5.56 Å². The Labute approximate surface area is 193 Å². The van der Waals surface area contributed by atoms with Gasteiger partial charge in [0.05, 0.1) is 34.3 Å². The molecular formula is C23H21ClN6O3. The Hall–Kier alpha value is -3.22. The highest BCUT2D eigenvalue weighted by molar-refractivity contribution is 6.32. The molecule has 0 radical (unpaired) electrons. The number of rotatable bonds is 4. The fourth-order valence-corrected chi connectivity index (χ4v) is 5.29. The zero-order chi connectivity index (χ0) is 22.5. The predicted molar refractivity (Wildman–Crippen MR) is 120 cm³/mol. The van der Waals surface area contributed by atoms with Crippen LogP contribution in [0.25, 0.3) is 28.1 Å². The second-order valence-electron chi connectivity index (χ2n) is 8.70. The van der Waals surface area contributed by atoms with Gasteiger partial charge in [-0.05, 0) is 37.8 Å². The largest absolute Gasteiger partial charge is 0.376 e. The molecule has 1 aromatic carbocycles. The summed E-state index contributed by atoms with van der Waals surface area (Å²) in [6.07, 6.45) is 7.61. The molecule has 1 saturated heterocycles. The Morgan fingerprint density at radius 1 is 1.18 bits per heavy atom. The van der Waals surface area contributed by atoms with Crippen molar-refractivity contribution in [3.8, 4) is 17.6 Å². The van der Waals surface area contributed by atoms with Crippen LogP contribution < -0.4 is 5.56 Å². The molecule has 2 aliphatic rings. The molecular weight excluding hydrogens is 444 g/mol. The molecule has 4 heterocycles. The third kappa shape index (κ3) is 3.24. The fourth-order valence-electron chi connectivity index (χ4n) is 5.09. The van der Waals surface area contributed by atoms with E-state index >= 15 is 0 Å². The molecule has 0 bridgehead atoms. The topological polar surface area (TPSA) is 111 Å². The molecule has 1 aliphatic heterocycles. The number of halogens is 1. The van der Waals surface area contributed by atoms with Gasteiger partial charge in [-0.25, -0.2) is 4.98 Å². The van der Waals surface area contributed by atoms with Crippen LogP contribution in [0.1, 0.15) is 55.9 Å². The lowest BCUT2D eigenvalue weighted by molar-refractivity contribution is 0.0973. The molecule has 168 valence electrons. The second-order valence-corrected chi connectivity index (χ2v) is 9.11. The quantitative estimate of drug-likeness (QED) is 0.447. The summed E-state index contributed by atoms with van der Waals surface area (Å²) in [6, 6.07) is 5.62. The molecule has 0 amide bonds. The highest BCUT2D eigenvalue weighted by Gasteiger charge is 2.27. The Kier molecular flexibility index (Phi) is 4.93.